The van der Waals surface area contributed by atoms with Gasteiger partial charge in [0, 0.05) is 7.05 Å². The fourth-order valence-electron chi connectivity index (χ4n) is 1.38. The maximum absolute atomic E-state index is 11.1. The summed E-state index contributed by atoms with van der Waals surface area (Å²) in [6.45, 7) is -0.630. The van der Waals surface area contributed by atoms with Crippen molar-refractivity contribution in [2.24, 2.45) is 5.29 Å². The van der Waals surface area contributed by atoms with Crippen LogP contribution in [0.1, 0.15) is 0 Å². The molecule has 0 bridgehead atoms. The molecule has 0 aromatic carbocycles. The molecule has 1 unspecified atom stereocenters. The zero-order chi connectivity index (χ0) is 14.6. The lowest BCUT2D eigenvalue weighted by atomic mass is 9.99. The molecule has 0 radical (unpaired) electrons. The van der Waals surface area contributed by atoms with Gasteiger partial charge >= 0.3 is 6.03 Å². The lowest BCUT2D eigenvalue weighted by Crippen LogP contribution is -2.60. The van der Waals surface area contributed by atoms with Crippen LogP contribution in [0.15, 0.2) is 5.29 Å². The number of hydroxylamine groups is 1. The Bertz CT molecular complexity index is 327. The van der Waals surface area contributed by atoms with Crippen LogP contribution in [0.25, 0.3) is 0 Å². The number of aliphatic hydroxyl groups is 4. The molecule has 11 nitrogen and oxygen atoms in total. The molecule has 1 fully saturated rings. The van der Waals surface area contributed by atoms with Gasteiger partial charge < -0.3 is 25.2 Å². The van der Waals surface area contributed by atoms with E-state index in [0.717, 1.165) is 7.05 Å². The van der Waals surface area contributed by atoms with Crippen molar-refractivity contribution >= 4 is 6.03 Å². The van der Waals surface area contributed by atoms with Crippen molar-refractivity contribution in [3.63, 3.8) is 0 Å². The number of aliphatic hydroxyl groups excluding tert-OH is 4. The highest BCUT2D eigenvalue weighted by Crippen LogP contribution is 2.21. The number of carbonyl (C=O) groups excluding carboxylic acids is 1. The summed E-state index contributed by atoms with van der Waals surface area (Å²) in [5.74, 6) is 0. The maximum Gasteiger partial charge on any atom is 0.364 e. The van der Waals surface area contributed by atoms with Crippen LogP contribution in [0.3, 0.4) is 0 Å². The predicted molar refractivity (Wildman–Crippen MR) is 56.9 cm³/mol. The van der Waals surface area contributed by atoms with Crippen LogP contribution in [0.4, 0.5) is 4.79 Å². The second-order valence-electron chi connectivity index (χ2n) is 3.83. The van der Waals surface area contributed by atoms with Gasteiger partial charge in [0.1, 0.15) is 24.4 Å². The summed E-state index contributed by atoms with van der Waals surface area (Å²) in [5.41, 5.74) is 1.75. The average Bonchev–Trinajstić information content (AvgIpc) is 2.42. The number of carbonyl (C=O) groups is 1. The van der Waals surface area contributed by atoms with E-state index in [4.69, 9.17) is 9.84 Å². The Morgan fingerprint density at radius 1 is 1.37 bits per heavy atom. The third kappa shape index (κ3) is 3.56. The molecule has 5 N–H and O–H groups in total. The number of nitrogens with zero attached hydrogens (tertiary/aromatic N) is 2. The summed E-state index contributed by atoms with van der Waals surface area (Å²) < 4.78 is 4.92. The molecule has 1 rings (SSSR count). The quantitative estimate of drug-likeness (QED) is 0.270. The molecule has 1 aliphatic rings. The first-order valence-corrected chi connectivity index (χ1v) is 5.25. The van der Waals surface area contributed by atoms with Gasteiger partial charge in [0.15, 0.2) is 0 Å². The SMILES string of the molecule is CN(N=O)C(=O)NOC1O[C@H](CO)[C@@H](O)[C@H](O)[C@H]1O. The van der Waals surface area contributed by atoms with Crippen molar-refractivity contribution in [2.45, 2.75) is 30.7 Å². The van der Waals surface area contributed by atoms with Gasteiger partial charge in [-0.15, -0.1) is 4.91 Å². The van der Waals surface area contributed by atoms with Gasteiger partial charge in [-0.1, -0.05) is 0 Å². The molecule has 0 spiro atoms. The number of hydrogen-bond acceptors (Lipinski definition) is 9. The number of urea groups is 1. The van der Waals surface area contributed by atoms with Crippen molar-refractivity contribution in [3.8, 4) is 0 Å². The third-order valence-electron chi connectivity index (χ3n) is 2.53. The fourth-order valence-corrected chi connectivity index (χ4v) is 1.38. The van der Waals surface area contributed by atoms with E-state index in [1.165, 1.54) is 0 Å². The Morgan fingerprint density at radius 3 is 2.53 bits per heavy atom. The van der Waals surface area contributed by atoms with E-state index >= 15 is 0 Å². The molecule has 1 saturated heterocycles. The number of hydrogen-bond donors (Lipinski definition) is 5. The monoisotopic (exact) mass is 281 g/mol. The number of nitrogens with one attached hydrogen (secondary N) is 1. The first-order chi connectivity index (χ1) is 8.92. The Morgan fingerprint density at radius 2 is 2.00 bits per heavy atom. The van der Waals surface area contributed by atoms with Crippen molar-refractivity contribution < 1.29 is 34.8 Å². The van der Waals surface area contributed by atoms with Gasteiger partial charge in [-0.25, -0.2) is 15.1 Å². The van der Waals surface area contributed by atoms with E-state index in [-0.39, 0.29) is 0 Å². The molecule has 0 aromatic rings. The van der Waals surface area contributed by atoms with Gasteiger partial charge in [-0.05, 0) is 0 Å². The molecule has 19 heavy (non-hydrogen) atoms. The summed E-state index contributed by atoms with van der Waals surface area (Å²) in [5, 5.41) is 40.0. The van der Waals surface area contributed by atoms with E-state index < -0.39 is 43.3 Å². The van der Waals surface area contributed by atoms with E-state index in [9.17, 15) is 25.0 Å². The molecule has 0 saturated carbocycles. The Balaban J connectivity index is 2.57. The molecule has 2 amide bonds. The second-order valence-corrected chi connectivity index (χ2v) is 3.83. The topological polar surface area (TPSA) is 161 Å². The average molecular weight is 281 g/mol. The Labute approximate surface area is 107 Å². The molecule has 11 heteroatoms. The van der Waals surface area contributed by atoms with Crippen LogP contribution < -0.4 is 5.48 Å². The Kier molecular flexibility index (Phi) is 5.53. The standard InChI is InChI=1S/C8H15N3O8/c1-11(10-17)8(16)9-19-7-6(15)5(14)4(13)3(2-12)18-7/h3-7,12-15H,2H2,1H3,(H,9,16)/t3-,4-,5+,6-,7?/m1/s1. The molecule has 0 aromatic heterocycles. The first-order valence-electron chi connectivity index (χ1n) is 5.25. The van der Waals surface area contributed by atoms with E-state index in [0.29, 0.717) is 5.01 Å². The van der Waals surface area contributed by atoms with E-state index in [2.05, 4.69) is 10.1 Å². The second kappa shape index (κ2) is 6.70. The molecule has 0 aliphatic carbocycles. The first kappa shape index (κ1) is 15.7. The lowest BCUT2D eigenvalue weighted by molar-refractivity contribution is -0.311. The summed E-state index contributed by atoms with van der Waals surface area (Å²) in [6, 6.07) is -1.04. The Hall–Kier alpha value is -1.37. The molecular weight excluding hydrogens is 266 g/mol. The number of nitroso groups, excluding NO2 is 1. The largest absolute Gasteiger partial charge is 0.394 e. The van der Waals surface area contributed by atoms with Gasteiger partial charge in [0.2, 0.25) is 6.29 Å². The molecular formula is C8H15N3O8. The van der Waals surface area contributed by atoms with Crippen LogP contribution >= 0.6 is 0 Å². The van der Waals surface area contributed by atoms with Crippen LogP contribution in [0.5, 0.6) is 0 Å². The molecule has 1 aliphatic heterocycles. The minimum atomic E-state index is -1.66. The van der Waals surface area contributed by atoms with Gasteiger partial charge in [0.05, 0.1) is 11.9 Å². The lowest BCUT2D eigenvalue weighted by Gasteiger charge is -2.39. The zero-order valence-electron chi connectivity index (χ0n) is 9.91. The number of rotatable bonds is 4. The third-order valence-corrected chi connectivity index (χ3v) is 2.53. The maximum atomic E-state index is 11.1. The van der Waals surface area contributed by atoms with Crippen molar-refractivity contribution in [1.82, 2.24) is 10.5 Å². The van der Waals surface area contributed by atoms with Crippen LogP contribution in [-0.4, -0.2) is 75.8 Å². The van der Waals surface area contributed by atoms with E-state index in [1.54, 1.807) is 5.48 Å². The fraction of sp³-hybridized carbons (Fsp3) is 0.875. The minimum absolute atomic E-state index is 0.379. The van der Waals surface area contributed by atoms with Crippen molar-refractivity contribution in [2.75, 3.05) is 13.7 Å². The predicted octanol–water partition coefficient (Wildman–Crippen LogP) is -2.96. The summed E-state index contributed by atoms with van der Waals surface area (Å²) >= 11 is 0. The van der Waals surface area contributed by atoms with Crippen LogP contribution in [0, 0.1) is 4.91 Å². The summed E-state index contributed by atoms with van der Waals surface area (Å²) in [6.07, 6.45) is -7.51. The normalized spacial score (nSPS) is 34.7. The number of ether oxygens (including phenoxy) is 1. The van der Waals surface area contributed by atoms with E-state index in [1.807, 2.05) is 0 Å². The highest BCUT2D eigenvalue weighted by atomic mass is 16.8. The summed E-state index contributed by atoms with van der Waals surface area (Å²) in [4.78, 5) is 25.8. The number of amides is 2. The molecule has 110 valence electrons. The molecule has 5 atom stereocenters. The zero-order valence-corrected chi connectivity index (χ0v) is 9.91. The smallest absolute Gasteiger partial charge is 0.364 e. The minimum Gasteiger partial charge on any atom is -0.394 e. The van der Waals surface area contributed by atoms with Gasteiger partial charge in [-0.3, -0.25) is 0 Å². The molecule has 1 heterocycles. The highest BCUT2D eigenvalue weighted by Gasteiger charge is 2.44. The van der Waals surface area contributed by atoms with Crippen LogP contribution in [-0.2, 0) is 9.57 Å². The summed E-state index contributed by atoms with van der Waals surface area (Å²) in [7, 11) is 1.05. The van der Waals surface area contributed by atoms with Gasteiger partial charge in [-0.2, -0.15) is 5.01 Å². The van der Waals surface area contributed by atoms with Crippen molar-refractivity contribution in [3.05, 3.63) is 4.91 Å². The van der Waals surface area contributed by atoms with Crippen molar-refractivity contribution in [1.29, 1.82) is 0 Å². The van der Waals surface area contributed by atoms with Crippen LogP contribution in [0.2, 0.25) is 0 Å². The van der Waals surface area contributed by atoms with Gasteiger partial charge in [0.25, 0.3) is 0 Å². The highest BCUT2D eigenvalue weighted by molar-refractivity contribution is 5.72.